The summed E-state index contributed by atoms with van der Waals surface area (Å²) in [4.78, 5) is 27.8. The van der Waals surface area contributed by atoms with Crippen molar-refractivity contribution in [1.29, 1.82) is 0 Å². The highest BCUT2D eigenvalue weighted by molar-refractivity contribution is 5.86. The van der Waals surface area contributed by atoms with Crippen molar-refractivity contribution >= 4 is 11.8 Å². The summed E-state index contributed by atoms with van der Waals surface area (Å²) in [7, 11) is 0. The second kappa shape index (κ2) is 5.88. The van der Waals surface area contributed by atoms with Crippen molar-refractivity contribution in [2.45, 2.75) is 31.7 Å². The topological polar surface area (TPSA) is 75.9 Å². The highest BCUT2D eigenvalue weighted by atomic mass is 16.5. The highest BCUT2D eigenvalue weighted by Crippen LogP contribution is 2.19. The van der Waals surface area contributed by atoms with Crippen molar-refractivity contribution in [1.82, 2.24) is 9.80 Å². The summed E-state index contributed by atoms with van der Waals surface area (Å²) in [5.41, 5.74) is 5.25. The number of hydrogen-bond acceptors (Lipinski definition) is 4. The molecule has 2 fully saturated rings. The molecule has 1 unspecified atom stereocenters. The predicted octanol–water partition coefficient (Wildman–Crippen LogP) is -0.425. The first-order chi connectivity index (χ1) is 9.07. The summed E-state index contributed by atoms with van der Waals surface area (Å²) >= 11 is 0. The monoisotopic (exact) mass is 269 g/mol. The van der Waals surface area contributed by atoms with Crippen molar-refractivity contribution in [3.05, 3.63) is 0 Å². The molecule has 1 atom stereocenters. The van der Waals surface area contributed by atoms with Gasteiger partial charge in [-0.25, -0.2) is 0 Å². The van der Waals surface area contributed by atoms with Gasteiger partial charge in [-0.15, -0.1) is 0 Å². The van der Waals surface area contributed by atoms with Crippen molar-refractivity contribution in [2.75, 3.05) is 39.4 Å². The lowest BCUT2D eigenvalue weighted by molar-refractivity contribution is -0.137. The van der Waals surface area contributed by atoms with Crippen LogP contribution in [0, 0.1) is 0 Å². The molecule has 2 saturated heterocycles. The van der Waals surface area contributed by atoms with Crippen LogP contribution in [0.3, 0.4) is 0 Å². The number of ether oxygens (including phenoxy) is 1. The molecular weight excluding hydrogens is 246 g/mol. The van der Waals surface area contributed by atoms with Gasteiger partial charge in [0.25, 0.3) is 0 Å². The van der Waals surface area contributed by atoms with Gasteiger partial charge in [0.15, 0.2) is 0 Å². The first-order valence-electron chi connectivity index (χ1n) is 7.00. The second-order valence-electron chi connectivity index (χ2n) is 5.34. The fourth-order valence-electron chi connectivity index (χ4n) is 2.66. The normalized spacial score (nSPS) is 28.3. The first kappa shape index (κ1) is 14.3. The van der Waals surface area contributed by atoms with E-state index in [1.807, 2.05) is 11.8 Å². The lowest BCUT2D eigenvalue weighted by Crippen LogP contribution is -2.56. The number of amides is 2. The molecule has 19 heavy (non-hydrogen) atoms. The van der Waals surface area contributed by atoms with Gasteiger partial charge in [-0.3, -0.25) is 9.59 Å². The lowest BCUT2D eigenvalue weighted by Gasteiger charge is -2.29. The van der Waals surface area contributed by atoms with Gasteiger partial charge in [-0.05, 0) is 12.8 Å². The van der Waals surface area contributed by atoms with E-state index in [1.165, 1.54) is 0 Å². The summed E-state index contributed by atoms with van der Waals surface area (Å²) in [6.07, 6.45) is 1.91. The van der Waals surface area contributed by atoms with Crippen LogP contribution in [-0.4, -0.2) is 66.5 Å². The molecule has 0 bridgehead atoms. The fourth-order valence-corrected chi connectivity index (χ4v) is 2.66. The van der Waals surface area contributed by atoms with Crippen LogP contribution < -0.4 is 5.73 Å². The van der Waals surface area contributed by atoms with E-state index in [0.29, 0.717) is 45.7 Å². The first-order valence-corrected chi connectivity index (χ1v) is 7.00. The van der Waals surface area contributed by atoms with Crippen LogP contribution in [0.25, 0.3) is 0 Å². The maximum atomic E-state index is 12.4. The second-order valence-corrected chi connectivity index (χ2v) is 5.34. The Labute approximate surface area is 113 Å². The molecule has 2 rings (SSSR count). The minimum atomic E-state index is -0.857. The standard InChI is InChI=1S/C13H23N3O3/c1-2-11(17)15-5-3-6-16(8-7-15)12(18)13(14)4-9-19-10-13/h2-10,14H2,1H3. The molecule has 0 aliphatic carbocycles. The van der Waals surface area contributed by atoms with Crippen molar-refractivity contribution in [2.24, 2.45) is 5.73 Å². The lowest BCUT2D eigenvalue weighted by atomic mass is 9.98. The van der Waals surface area contributed by atoms with E-state index in [-0.39, 0.29) is 11.8 Å². The Morgan fingerprint density at radius 2 is 1.89 bits per heavy atom. The summed E-state index contributed by atoms with van der Waals surface area (Å²) < 4.78 is 5.24. The molecule has 6 heteroatoms. The maximum Gasteiger partial charge on any atom is 0.245 e. The number of hydrogen-bond donors (Lipinski definition) is 1. The molecule has 0 saturated carbocycles. The van der Waals surface area contributed by atoms with Gasteiger partial charge in [0.2, 0.25) is 11.8 Å². The molecule has 108 valence electrons. The number of nitrogens with zero attached hydrogens (tertiary/aromatic N) is 2. The minimum absolute atomic E-state index is 0.0317. The molecular formula is C13H23N3O3. The molecule has 2 N–H and O–H groups in total. The predicted molar refractivity (Wildman–Crippen MR) is 70.4 cm³/mol. The van der Waals surface area contributed by atoms with E-state index < -0.39 is 5.54 Å². The van der Waals surface area contributed by atoms with E-state index in [2.05, 4.69) is 0 Å². The van der Waals surface area contributed by atoms with Gasteiger partial charge in [0, 0.05) is 39.2 Å². The Balaban J connectivity index is 1.95. The summed E-state index contributed by atoms with van der Waals surface area (Å²) in [5.74, 6) is 0.122. The van der Waals surface area contributed by atoms with Gasteiger partial charge in [-0.2, -0.15) is 0 Å². The third-order valence-electron chi connectivity index (χ3n) is 3.92. The molecule has 0 aromatic carbocycles. The van der Waals surface area contributed by atoms with Crippen LogP contribution >= 0.6 is 0 Å². The number of rotatable bonds is 2. The van der Waals surface area contributed by atoms with Gasteiger partial charge in [0.05, 0.1) is 6.61 Å². The molecule has 2 aliphatic heterocycles. The third kappa shape index (κ3) is 3.06. The Kier molecular flexibility index (Phi) is 4.42. The highest BCUT2D eigenvalue weighted by Gasteiger charge is 2.41. The van der Waals surface area contributed by atoms with E-state index in [4.69, 9.17) is 10.5 Å². The zero-order valence-electron chi connectivity index (χ0n) is 11.6. The zero-order valence-corrected chi connectivity index (χ0v) is 11.6. The molecule has 2 aliphatic rings. The largest absolute Gasteiger partial charge is 0.379 e. The van der Waals surface area contributed by atoms with Crippen LogP contribution in [0.5, 0.6) is 0 Å². The van der Waals surface area contributed by atoms with Gasteiger partial charge >= 0.3 is 0 Å². The van der Waals surface area contributed by atoms with E-state index in [9.17, 15) is 9.59 Å². The van der Waals surface area contributed by atoms with E-state index in [1.54, 1.807) is 4.90 Å². The Bertz CT molecular complexity index is 353. The number of carbonyl (C=O) groups is 2. The van der Waals surface area contributed by atoms with Crippen LogP contribution in [0.15, 0.2) is 0 Å². The van der Waals surface area contributed by atoms with Crippen molar-refractivity contribution in [3.63, 3.8) is 0 Å². The van der Waals surface area contributed by atoms with Gasteiger partial charge < -0.3 is 20.3 Å². The smallest absolute Gasteiger partial charge is 0.245 e. The van der Waals surface area contributed by atoms with Gasteiger partial charge in [-0.1, -0.05) is 6.92 Å². The maximum absolute atomic E-state index is 12.4. The molecule has 6 nitrogen and oxygen atoms in total. The molecule has 2 heterocycles. The van der Waals surface area contributed by atoms with Crippen molar-refractivity contribution < 1.29 is 14.3 Å². The summed E-state index contributed by atoms with van der Waals surface area (Å²) in [5, 5.41) is 0. The summed E-state index contributed by atoms with van der Waals surface area (Å²) in [6.45, 7) is 5.30. The van der Waals surface area contributed by atoms with Crippen molar-refractivity contribution in [3.8, 4) is 0 Å². The molecule has 0 aromatic rings. The van der Waals surface area contributed by atoms with Gasteiger partial charge in [0.1, 0.15) is 5.54 Å². The van der Waals surface area contributed by atoms with Crippen LogP contribution in [0.2, 0.25) is 0 Å². The molecule has 0 radical (unpaired) electrons. The average Bonchev–Trinajstić information content (AvgIpc) is 2.73. The Hall–Kier alpha value is -1.14. The Morgan fingerprint density at radius 3 is 2.53 bits per heavy atom. The zero-order chi connectivity index (χ0) is 13.9. The molecule has 0 spiro atoms. The minimum Gasteiger partial charge on any atom is -0.379 e. The number of carbonyl (C=O) groups excluding carboxylic acids is 2. The molecule has 2 amide bonds. The van der Waals surface area contributed by atoms with Crippen LogP contribution in [0.4, 0.5) is 0 Å². The quantitative estimate of drug-likeness (QED) is 0.738. The Morgan fingerprint density at radius 1 is 1.21 bits per heavy atom. The van der Waals surface area contributed by atoms with Crippen LogP contribution in [-0.2, 0) is 14.3 Å². The third-order valence-corrected chi connectivity index (χ3v) is 3.92. The average molecular weight is 269 g/mol. The summed E-state index contributed by atoms with van der Waals surface area (Å²) in [6, 6.07) is 0. The van der Waals surface area contributed by atoms with E-state index >= 15 is 0 Å². The fraction of sp³-hybridized carbons (Fsp3) is 0.846. The SMILES string of the molecule is CCC(=O)N1CCCN(C(=O)C2(N)CCOC2)CC1. The number of nitrogens with two attached hydrogens (primary N) is 1. The van der Waals surface area contributed by atoms with Crippen LogP contribution in [0.1, 0.15) is 26.2 Å². The molecule has 0 aromatic heterocycles. The van der Waals surface area contributed by atoms with E-state index in [0.717, 1.165) is 13.0 Å².